The molecule has 0 saturated carbocycles. The van der Waals surface area contributed by atoms with Gasteiger partial charge in [0.25, 0.3) is 5.91 Å². The standard InChI is InChI=1S/C41H48N5O8PS/c1-3-19-53-41(50)34(25-52-2)44-55(51,54-32-11-5-4-6-12-32)26-27-14-17-36-29(20-27)21-37(56-36)38(47)43-33-13-7-10-31-15-16-35(46(31)39(33)48)40(49)45-23-30(24-45)28-9-8-18-42-22-28/h4-6,8-9,11-12,14,17-18,20-22,30-31,33-35H,3,7,10,13,15-16,19,23-26H2,1-2H3,(H,43,47)(H,44,51)/t31-,33?,34-,35-,55?/m0/s1. The normalized spacial score (nSPS) is 21.4. The summed E-state index contributed by atoms with van der Waals surface area (Å²) in [6.45, 7) is 3.25. The summed E-state index contributed by atoms with van der Waals surface area (Å²) in [6.07, 6.45) is 7.61. The van der Waals surface area contributed by atoms with Crippen LogP contribution in [0.3, 0.4) is 0 Å². The molecule has 3 saturated heterocycles. The molecule has 0 aliphatic carbocycles. The molecule has 3 amide bonds. The number of para-hydroxylation sites is 1. The Kier molecular flexibility index (Phi) is 12.5. The number of aromatic nitrogens is 1. The van der Waals surface area contributed by atoms with Crippen LogP contribution in [0, 0.1) is 0 Å². The fourth-order valence-corrected chi connectivity index (χ4v) is 10.8. The van der Waals surface area contributed by atoms with Gasteiger partial charge in [-0.25, -0.2) is 5.09 Å². The van der Waals surface area contributed by atoms with Crippen molar-refractivity contribution >= 4 is 52.6 Å². The Hall–Kier alpha value is -4.62. The Morgan fingerprint density at radius 2 is 1.84 bits per heavy atom. The highest BCUT2D eigenvalue weighted by molar-refractivity contribution is 7.56. The lowest BCUT2D eigenvalue weighted by molar-refractivity contribution is -0.148. The van der Waals surface area contributed by atoms with Gasteiger partial charge in [-0.1, -0.05) is 37.3 Å². The monoisotopic (exact) mass is 801 g/mol. The van der Waals surface area contributed by atoms with Crippen LogP contribution in [-0.4, -0.2) is 96.1 Å². The second-order valence-corrected chi connectivity index (χ2v) is 17.9. The average molecular weight is 802 g/mol. The van der Waals surface area contributed by atoms with Crippen molar-refractivity contribution in [3.05, 3.63) is 95.1 Å². The van der Waals surface area contributed by atoms with E-state index in [9.17, 15) is 23.7 Å². The van der Waals surface area contributed by atoms with Crippen LogP contribution in [0.2, 0.25) is 0 Å². The van der Waals surface area contributed by atoms with Crippen LogP contribution in [0.15, 0.2) is 79.1 Å². The molecule has 2 N–H and O–H groups in total. The van der Waals surface area contributed by atoms with Crippen LogP contribution in [0.4, 0.5) is 0 Å². The second-order valence-electron chi connectivity index (χ2n) is 14.7. The zero-order chi connectivity index (χ0) is 39.2. The largest absolute Gasteiger partial charge is 0.464 e. The fourth-order valence-electron chi connectivity index (χ4n) is 7.83. The van der Waals surface area contributed by atoms with Gasteiger partial charge in [0, 0.05) is 49.3 Å². The third-order valence-corrected chi connectivity index (χ3v) is 13.7. The molecular weight excluding hydrogens is 754 g/mol. The molecule has 3 fully saturated rings. The first kappa shape index (κ1) is 39.6. The Balaban J connectivity index is 1.03. The van der Waals surface area contributed by atoms with E-state index < -0.39 is 31.6 Å². The van der Waals surface area contributed by atoms with Gasteiger partial charge in [-0.3, -0.25) is 28.7 Å². The number of hydrogen-bond donors (Lipinski definition) is 2. The number of ether oxygens (including phenoxy) is 2. The number of pyridine rings is 1. The zero-order valence-electron chi connectivity index (χ0n) is 31.6. The first-order valence-corrected chi connectivity index (χ1v) is 21.9. The van der Waals surface area contributed by atoms with E-state index in [0.29, 0.717) is 48.5 Å². The Labute approximate surface area is 330 Å². The minimum Gasteiger partial charge on any atom is -0.464 e. The highest BCUT2D eigenvalue weighted by Gasteiger charge is 2.47. The number of nitrogens with one attached hydrogen (secondary N) is 2. The van der Waals surface area contributed by atoms with E-state index in [-0.39, 0.29) is 49.1 Å². The van der Waals surface area contributed by atoms with E-state index in [4.69, 9.17) is 14.0 Å². The second kappa shape index (κ2) is 17.7. The zero-order valence-corrected chi connectivity index (χ0v) is 33.3. The average Bonchev–Trinajstić information content (AvgIpc) is 3.77. The number of likely N-dealkylation sites (tertiary alicyclic amines) is 1. The number of benzene rings is 2. The molecule has 0 spiro atoms. The van der Waals surface area contributed by atoms with E-state index in [1.54, 1.807) is 41.4 Å². The third kappa shape index (κ3) is 8.99. The molecule has 2 unspecified atom stereocenters. The molecule has 13 nitrogen and oxygen atoms in total. The van der Waals surface area contributed by atoms with Crippen molar-refractivity contribution in [3.8, 4) is 5.75 Å². The lowest BCUT2D eigenvalue weighted by Gasteiger charge is -2.42. The van der Waals surface area contributed by atoms with Gasteiger partial charge in [0.1, 0.15) is 23.9 Å². The summed E-state index contributed by atoms with van der Waals surface area (Å²) in [4.78, 5) is 62.6. The van der Waals surface area contributed by atoms with Crippen LogP contribution in [-0.2, 0) is 34.6 Å². The summed E-state index contributed by atoms with van der Waals surface area (Å²) in [7, 11) is -2.33. The smallest absolute Gasteiger partial charge is 0.326 e. The molecule has 3 aliphatic rings. The van der Waals surface area contributed by atoms with Crippen molar-refractivity contribution in [3.63, 3.8) is 0 Å². The number of thiophene rings is 1. The van der Waals surface area contributed by atoms with E-state index in [0.717, 1.165) is 34.9 Å². The van der Waals surface area contributed by atoms with Crippen LogP contribution in [0.1, 0.15) is 72.2 Å². The van der Waals surface area contributed by atoms with Crippen molar-refractivity contribution in [2.75, 3.05) is 33.4 Å². The SMILES string of the molecule is CCCOC(=O)[C@H](COC)NP(=O)(Cc1ccc2sc(C(=O)NC3CCC[C@H]4CC[C@@H](C(=O)N5CC(c6cccnc6)C5)N4C3=O)cc2c1)Oc1ccccc1. The summed E-state index contributed by atoms with van der Waals surface area (Å²) < 4.78 is 32.0. The highest BCUT2D eigenvalue weighted by atomic mass is 32.1. The summed E-state index contributed by atoms with van der Waals surface area (Å²) in [6, 6.07) is 17.6. The number of fused-ring (bicyclic) bond motifs is 2. The van der Waals surface area contributed by atoms with Crippen LogP contribution in [0.5, 0.6) is 5.75 Å². The number of methoxy groups -OCH3 is 1. The van der Waals surface area contributed by atoms with Crippen molar-refractivity contribution in [1.82, 2.24) is 25.2 Å². The molecule has 7 rings (SSSR count). The number of carbonyl (C=O) groups excluding carboxylic acids is 4. The molecule has 4 aromatic rings. The molecule has 0 radical (unpaired) electrons. The predicted octanol–water partition coefficient (Wildman–Crippen LogP) is 5.89. The topological polar surface area (TPSA) is 156 Å². The Morgan fingerprint density at radius 1 is 1.02 bits per heavy atom. The molecule has 5 heterocycles. The summed E-state index contributed by atoms with van der Waals surface area (Å²) in [5, 5.41) is 6.68. The van der Waals surface area contributed by atoms with Crippen LogP contribution in [0.25, 0.3) is 10.1 Å². The minimum atomic E-state index is -3.78. The fraction of sp³-hybridized carbons (Fsp3) is 0.439. The maximum atomic E-state index is 14.5. The molecule has 56 heavy (non-hydrogen) atoms. The third-order valence-electron chi connectivity index (χ3n) is 10.6. The number of rotatable bonds is 15. The van der Waals surface area contributed by atoms with Crippen molar-refractivity contribution in [2.45, 2.75) is 81.7 Å². The predicted molar refractivity (Wildman–Crippen MR) is 213 cm³/mol. The van der Waals surface area contributed by atoms with E-state index in [1.165, 1.54) is 18.4 Å². The maximum absolute atomic E-state index is 14.5. The number of amides is 3. The molecule has 2 aromatic carbocycles. The summed E-state index contributed by atoms with van der Waals surface area (Å²) in [5.41, 5.74) is 1.77. The summed E-state index contributed by atoms with van der Waals surface area (Å²) >= 11 is 1.30. The van der Waals surface area contributed by atoms with E-state index in [1.807, 2.05) is 54.4 Å². The van der Waals surface area contributed by atoms with E-state index >= 15 is 0 Å². The van der Waals surface area contributed by atoms with Gasteiger partial charge in [0.05, 0.1) is 24.3 Å². The number of nitrogens with zero attached hydrogens (tertiary/aromatic N) is 3. The molecular formula is C41H48N5O8PS. The van der Waals surface area contributed by atoms with E-state index in [2.05, 4.69) is 15.4 Å². The highest BCUT2D eigenvalue weighted by Crippen LogP contribution is 2.47. The number of hydrogen-bond acceptors (Lipinski definition) is 10. The van der Waals surface area contributed by atoms with Crippen molar-refractivity contribution in [1.29, 1.82) is 0 Å². The molecule has 296 valence electrons. The van der Waals surface area contributed by atoms with Gasteiger partial charge in [0.15, 0.2) is 0 Å². The molecule has 2 aromatic heterocycles. The molecule has 3 aliphatic heterocycles. The van der Waals surface area contributed by atoms with Gasteiger partial charge in [-0.15, -0.1) is 11.3 Å². The first-order chi connectivity index (χ1) is 27.1. The summed E-state index contributed by atoms with van der Waals surface area (Å²) in [5.74, 6) is -0.552. The quantitative estimate of drug-likeness (QED) is 0.110. The number of carbonyl (C=O) groups is 4. The van der Waals surface area contributed by atoms with Gasteiger partial charge in [-0.2, -0.15) is 0 Å². The Morgan fingerprint density at radius 3 is 2.59 bits per heavy atom. The van der Waals surface area contributed by atoms with Crippen LogP contribution < -0.4 is 14.9 Å². The van der Waals surface area contributed by atoms with Gasteiger partial charge in [-0.05, 0) is 91.4 Å². The molecule has 15 heteroatoms. The maximum Gasteiger partial charge on any atom is 0.326 e. The van der Waals surface area contributed by atoms with Crippen molar-refractivity contribution < 1.29 is 37.7 Å². The van der Waals surface area contributed by atoms with Crippen LogP contribution >= 0.6 is 18.9 Å². The van der Waals surface area contributed by atoms with Gasteiger partial charge in [0.2, 0.25) is 11.8 Å². The van der Waals surface area contributed by atoms with Gasteiger partial charge >= 0.3 is 13.5 Å². The minimum absolute atomic E-state index is 0.0143. The lowest BCUT2D eigenvalue weighted by atomic mass is 9.92. The lowest BCUT2D eigenvalue weighted by Crippen LogP contribution is -2.58. The first-order valence-electron chi connectivity index (χ1n) is 19.3. The number of esters is 1. The molecule has 0 bridgehead atoms. The molecule has 5 atom stereocenters. The van der Waals surface area contributed by atoms with Gasteiger partial charge < -0.3 is 29.1 Å². The van der Waals surface area contributed by atoms with Crippen molar-refractivity contribution in [2.24, 2.45) is 0 Å². The Bertz CT molecular complexity index is 2080.